The second-order valence-corrected chi connectivity index (χ2v) is 12.4. The molecule has 1 aliphatic heterocycles. The van der Waals surface area contributed by atoms with Crippen molar-refractivity contribution in [1.82, 2.24) is 10.2 Å². The highest BCUT2D eigenvalue weighted by Crippen LogP contribution is 2.22. The molecule has 1 aromatic carbocycles. The van der Waals surface area contributed by atoms with Crippen molar-refractivity contribution in [3.05, 3.63) is 53.8 Å². The Balaban J connectivity index is 0.00000768. The van der Waals surface area contributed by atoms with Crippen molar-refractivity contribution in [2.75, 3.05) is 38.2 Å². The van der Waals surface area contributed by atoms with Crippen molar-refractivity contribution >= 4 is 35.5 Å². The molecule has 14 heteroatoms. The molecule has 0 saturated carbocycles. The molecule has 12 nitrogen and oxygen atoms in total. The molecule has 1 aromatic heterocycles. The number of pyridine rings is 1. The van der Waals surface area contributed by atoms with Crippen LogP contribution in [0.25, 0.3) is 0 Å². The maximum atomic E-state index is 12.2. The van der Waals surface area contributed by atoms with Crippen LogP contribution in [0.4, 0.5) is 15.3 Å². The fourth-order valence-corrected chi connectivity index (χ4v) is 4.74. The summed E-state index contributed by atoms with van der Waals surface area (Å²) in [5.41, 5.74) is 0.211. The van der Waals surface area contributed by atoms with Crippen molar-refractivity contribution in [3.63, 3.8) is 0 Å². The Bertz CT molecular complexity index is 1290. The molecule has 0 unspecified atom stereocenters. The number of hydrogen-bond acceptors (Lipinski definition) is 8. The van der Waals surface area contributed by atoms with Crippen molar-refractivity contribution in [1.29, 1.82) is 5.26 Å². The van der Waals surface area contributed by atoms with Gasteiger partial charge in [-0.2, -0.15) is 9.83 Å². The molecule has 2 aromatic rings. The minimum atomic E-state index is -0.734. The number of rotatable bonds is 14. The zero-order chi connectivity index (χ0) is 33.2. The van der Waals surface area contributed by atoms with Gasteiger partial charge in [-0.3, -0.25) is 10.3 Å². The fourth-order valence-electron chi connectivity index (χ4n) is 4.61. The summed E-state index contributed by atoms with van der Waals surface area (Å²) in [4.78, 5) is 30.5. The van der Waals surface area contributed by atoms with E-state index >= 15 is 0 Å². The van der Waals surface area contributed by atoms with Gasteiger partial charge in [-0.15, -0.1) is 0 Å². The Hall–Kier alpha value is -3.51. The molecule has 0 radical (unpaired) electrons. The van der Waals surface area contributed by atoms with Crippen molar-refractivity contribution in [2.24, 2.45) is 10.9 Å². The Morgan fingerprint density at radius 2 is 1.70 bits per heavy atom. The molecule has 258 valence electrons. The van der Waals surface area contributed by atoms with E-state index in [0.717, 1.165) is 50.0 Å². The largest absolute Gasteiger partial charge is 1.00 e. The minimum absolute atomic E-state index is 0. The van der Waals surface area contributed by atoms with Crippen LogP contribution in [0.2, 0.25) is 5.02 Å². The number of carbonyl (C=O) groups excluding carboxylic acids is 2. The number of unbranched alkanes of at least 4 members (excludes halogenated alkanes) is 3. The Kier molecular flexibility index (Phi) is 18.0. The molecule has 1 aliphatic rings. The molecule has 0 bridgehead atoms. The third-order valence-corrected chi connectivity index (χ3v) is 7.33. The predicted octanol–water partition coefficient (Wildman–Crippen LogP) is 3.26. The Morgan fingerprint density at radius 3 is 2.36 bits per heavy atom. The number of amides is 1. The summed E-state index contributed by atoms with van der Waals surface area (Å²) >= 11 is 5.89. The number of halogens is 2. The number of nitrogens with one attached hydrogen (secondary N) is 2. The number of nitriles is 1. The van der Waals surface area contributed by atoms with Crippen molar-refractivity contribution < 1.29 is 57.1 Å². The molecule has 1 amide bonds. The lowest BCUT2D eigenvalue weighted by atomic mass is 9.94. The number of hydrogen-bond donors (Lipinski definition) is 2. The van der Waals surface area contributed by atoms with E-state index < -0.39 is 11.8 Å². The number of anilines is 1. The molecular formula is C33H46ClIN6O6. The molecule has 0 atom stereocenters. The lowest BCUT2D eigenvalue weighted by molar-refractivity contribution is -0.727. The first-order valence-electron chi connectivity index (χ1n) is 15.7. The first-order chi connectivity index (χ1) is 22.1. The van der Waals surface area contributed by atoms with E-state index in [-0.39, 0.29) is 43.4 Å². The third kappa shape index (κ3) is 16.7. The smallest absolute Gasteiger partial charge is 0.513 e. The van der Waals surface area contributed by atoms with Crippen LogP contribution >= 0.6 is 11.6 Å². The topological polar surface area (TPSA) is 138 Å². The number of likely N-dealkylation sites (tertiary alicyclic amines) is 1. The summed E-state index contributed by atoms with van der Waals surface area (Å²) in [6, 6.07) is 10.9. The van der Waals surface area contributed by atoms with Gasteiger partial charge in [-0.25, -0.2) is 9.59 Å². The van der Waals surface area contributed by atoms with E-state index in [1.54, 1.807) is 34.0 Å². The van der Waals surface area contributed by atoms with Crippen LogP contribution in [0.5, 0.6) is 5.75 Å². The Labute approximate surface area is 299 Å². The molecule has 0 aliphatic carbocycles. The van der Waals surface area contributed by atoms with E-state index in [0.29, 0.717) is 49.6 Å². The summed E-state index contributed by atoms with van der Waals surface area (Å²) in [6.45, 7) is 8.31. The molecule has 2 N–H and O–H groups in total. The van der Waals surface area contributed by atoms with Crippen LogP contribution in [-0.4, -0.2) is 61.6 Å². The first-order valence-corrected chi connectivity index (χ1v) is 16.1. The predicted molar refractivity (Wildman–Crippen MR) is 174 cm³/mol. The molecular weight excluding hydrogens is 739 g/mol. The van der Waals surface area contributed by atoms with Crippen molar-refractivity contribution in [2.45, 2.75) is 78.0 Å². The Morgan fingerprint density at radius 1 is 1.02 bits per heavy atom. The highest BCUT2D eigenvalue weighted by atomic mass is 127. The SMILES string of the molecule is CC(C)(C)OC(=O)N1CCC(CCOC(=O)OC[n+]2ccc(NC(=NCCCCCCOc3ccc(Cl)cc3)NC#N)cc2)CC1.[I-]. The lowest BCUT2D eigenvalue weighted by Crippen LogP contribution is -3.00. The van der Waals surface area contributed by atoms with Gasteiger partial charge in [0.05, 0.1) is 18.9 Å². The molecule has 0 spiro atoms. The van der Waals surface area contributed by atoms with Gasteiger partial charge in [0, 0.05) is 36.8 Å². The zero-order valence-corrected chi connectivity index (χ0v) is 30.3. The van der Waals surface area contributed by atoms with Crippen molar-refractivity contribution in [3.8, 4) is 11.9 Å². The summed E-state index contributed by atoms with van der Waals surface area (Å²) in [5, 5.41) is 15.5. The monoisotopic (exact) mass is 784 g/mol. The van der Waals surface area contributed by atoms with Crippen LogP contribution < -0.4 is 43.9 Å². The average Bonchev–Trinajstić information content (AvgIpc) is 3.02. The van der Waals surface area contributed by atoms with E-state index in [2.05, 4.69) is 15.6 Å². The average molecular weight is 785 g/mol. The van der Waals surface area contributed by atoms with E-state index in [1.165, 1.54) is 0 Å². The van der Waals surface area contributed by atoms with Gasteiger partial charge >= 0.3 is 12.2 Å². The third-order valence-electron chi connectivity index (χ3n) is 7.08. The van der Waals surface area contributed by atoms with Crippen LogP contribution in [-0.2, 0) is 20.9 Å². The standard InChI is InChI=1S/C33H45ClN6O6.HI/c1-33(2,3)46-31(41)40-20-12-26(13-21-40)16-23-44-32(42)45-25-39-18-14-28(15-19-39)38-30(37-24-35)36-17-6-4-5-7-22-43-29-10-8-27(34)9-11-29;/h8-11,14-15,18-19,26H,4-7,12-13,16-17,20-23,25H2,1-3H3,(H,36,37);1H. The van der Waals surface area contributed by atoms with E-state index in [1.807, 2.05) is 51.2 Å². The van der Waals surface area contributed by atoms with Gasteiger partial charge in [-0.05, 0) is 89.5 Å². The number of ether oxygens (including phenoxy) is 4. The number of aliphatic imine (C=N–C) groups is 1. The number of aromatic nitrogens is 1. The first kappa shape index (κ1) is 39.7. The van der Waals surface area contributed by atoms with Gasteiger partial charge in [0.2, 0.25) is 5.96 Å². The molecule has 1 fully saturated rings. The van der Waals surface area contributed by atoms with Crippen LogP contribution in [0.1, 0.15) is 65.7 Å². The number of guanidine groups is 1. The second-order valence-electron chi connectivity index (χ2n) is 12.0. The van der Waals surface area contributed by atoms with Crippen LogP contribution in [0.3, 0.4) is 0 Å². The molecule has 1 saturated heterocycles. The molecule has 3 rings (SSSR count). The quantitative estimate of drug-likeness (QED) is 0.0433. The summed E-state index contributed by atoms with van der Waals surface area (Å²) in [7, 11) is 0. The van der Waals surface area contributed by atoms with Gasteiger partial charge in [0.1, 0.15) is 11.4 Å². The highest BCUT2D eigenvalue weighted by molar-refractivity contribution is 6.30. The number of carbonyl (C=O) groups is 2. The molecule has 47 heavy (non-hydrogen) atoms. The summed E-state index contributed by atoms with van der Waals surface area (Å²) in [5.74, 6) is 1.55. The van der Waals surface area contributed by atoms with Crippen LogP contribution in [0.15, 0.2) is 53.8 Å². The summed E-state index contributed by atoms with van der Waals surface area (Å²) < 4.78 is 23.3. The maximum absolute atomic E-state index is 12.2. The van der Waals surface area contributed by atoms with Crippen LogP contribution in [0, 0.1) is 17.4 Å². The maximum Gasteiger partial charge on any atom is 0.513 e. The summed E-state index contributed by atoms with van der Waals surface area (Å²) in [6.07, 6.45) is 10.6. The van der Waals surface area contributed by atoms with Gasteiger partial charge in [0.25, 0.3) is 6.73 Å². The molecule has 2 heterocycles. The van der Waals surface area contributed by atoms with E-state index in [9.17, 15) is 9.59 Å². The highest BCUT2D eigenvalue weighted by Gasteiger charge is 2.27. The number of benzene rings is 1. The second kappa shape index (κ2) is 21.4. The number of nitrogens with zero attached hydrogens (tertiary/aromatic N) is 4. The minimum Gasteiger partial charge on any atom is -1.00 e. The number of piperidine rings is 1. The normalized spacial score (nSPS) is 13.5. The fraction of sp³-hybridized carbons (Fsp3) is 0.545. The zero-order valence-electron chi connectivity index (χ0n) is 27.4. The van der Waals surface area contributed by atoms with Gasteiger partial charge < -0.3 is 53.1 Å². The van der Waals surface area contributed by atoms with E-state index in [4.69, 9.17) is 35.8 Å². The van der Waals surface area contributed by atoms with Gasteiger partial charge in [-0.1, -0.05) is 18.0 Å². The lowest BCUT2D eigenvalue weighted by Gasteiger charge is -2.33. The van der Waals surface area contributed by atoms with Gasteiger partial charge in [0.15, 0.2) is 18.6 Å².